The average Bonchev–Trinajstić information content (AvgIpc) is 3.03. The first-order valence-electron chi connectivity index (χ1n) is 12.1. The number of ether oxygens (including phenoxy) is 1. The van der Waals surface area contributed by atoms with Gasteiger partial charge in [-0.15, -0.1) is 0 Å². The molecule has 3 aliphatic rings. The summed E-state index contributed by atoms with van der Waals surface area (Å²) in [5, 5.41) is 15.7. The Kier molecular flexibility index (Phi) is 6.66. The molecule has 178 valence electrons. The normalized spacial score (nSPS) is 18.7. The van der Waals surface area contributed by atoms with Crippen molar-refractivity contribution >= 4 is 23.5 Å². The fourth-order valence-electron chi connectivity index (χ4n) is 5.11. The second kappa shape index (κ2) is 10.2. The molecule has 0 radical (unpaired) electrons. The largest absolute Gasteiger partial charge is 0.482 e. The van der Waals surface area contributed by atoms with Crippen LogP contribution in [0.4, 0.5) is 0 Å². The number of allylic oxidation sites excluding steroid dienone is 4. The molecule has 5 nitrogen and oxygen atoms in total. The van der Waals surface area contributed by atoms with Crippen molar-refractivity contribution in [3.63, 3.8) is 0 Å². The highest BCUT2D eigenvalue weighted by Crippen LogP contribution is 2.34. The summed E-state index contributed by atoms with van der Waals surface area (Å²) in [5.74, 6) is 0.990. The summed E-state index contributed by atoms with van der Waals surface area (Å²) < 4.78 is 5.51. The molecule has 1 N–H and O–H groups in total. The smallest absolute Gasteiger partial charge is 0.341 e. The van der Waals surface area contributed by atoms with E-state index in [1.54, 1.807) is 0 Å². The number of benzene rings is 2. The van der Waals surface area contributed by atoms with Gasteiger partial charge in [0.2, 0.25) is 0 Å². The first kappa shape index (κ1) is 22.9. The van der Waals surface area contributed by atoms with Crippen molar-refractivity contribution in [2.24, 2.45) is 11.1 Å². The second-order valence-corrected chi connectivity index (χ2v) is 9.29. The van der Waals surface area contributed by atoms with Crippen molar-refractivity contribution < 1.29 is 19.5 Å². The van der Waals surface area contributed by atoms with Crippen molar-refractivity contribution in [1.82, 2.24) is 0 Å². The third kappa shape index (κ3) is 5.14. The summed E-state index contributed by atoms with van der Waals surface area (Å²) >= 11 is 0. The lowest BCUT2D eigenvalue weighted by Crippen LogP contribution is -2.27. The minimum atomic E-state index is -0.960. The van der Waals surface area contributed by atoms with Gasteiger partial charge in [0.05, 0.1) is 5.71 Å². The number of oxime groups is 1. The zero-order chi connectivity index (χ0) is 24.2. The zero-order valence-electron chi connectivity index (χ0n) is 19.9. The Balaban J connectivity index is 1.33. The maximum Gasteiger partial charge on any atom is 0.341 e. The predicted octanol–water partition coefficient (Wildman–Crippen LogP) is 4.45. The number of nitrogens with zero attached hydrogens (tertiary/aromatic N) is 1. The third-order valence-electron chi connectivity index (χ3n) is 6.77. The third-order valence-corrected chi connectivity index (χ3v) is 6.77. The molecule has 1 unspecified atom stereocenters. The van der Waals surface area contributed by atoms with Crippen LogP contribution in [0.15, 0.2) is 83.1 Å². The van der Waals surface area contributed by atoms with Gasteiger partial charge in [0.1, 0.15) is 5.75 Å². The van der Waals surface area contributed by atoms with Gasteiger partial charge in [-0.25, -0.2) is 4.79 Å². The average molecular weight is 468 g/mol. The van der Waals surface area contributed by atoms with Crippen LogP contribution in [0.1, 0.15) is 37.3 Å². The lowest BCUT2D eigenvalue weighted by molar-refractivity contribution is -0.139. The van der Waals surface area contributed by atoms with Crippen LogP contribution in [-0.2, 0) is 22.5 Å². The number of rotatable bonds is 7. The first-order chi connectivity index (χ1) is 17.1. The van der Waals surface area contributed by atoms with E-state index in [2.05, 4.69) is 53.7 Å². The number of hydrogen-bond acceptors (Lipinski definition) is 4. The molecule has 0 saturated heterocycles. The van der Waals surface area contributed by atoms with Gasteiger partial charge in [-0.05, 0) is 72.9 Å². The minimum Gasteiger partial charge on any atom is -0.482 e. The Morgan fingerprint density at radius 2 is 2.00 bits per heavy atom. The van der Waals surface area contributed by atoms with Crippen LogP contribution < -0.4 is 15.2 Å². The van der Waals surface area contributed by atoms with Crippen LogP contribution in [0.3, 0.4) is 0 Å². The monoisotopic (exact) mass is 467 g/mol. The van der Waals surface area contributed by atoms with E-state index in [-0.39, 0.29) is 6.61 Å². The lowest BCUT2D eigenvalue weighted by atomic mass is 9.81. The van der Waals surface area contributed by atoms with Crippen molar-refractivity contribution in [3.8, 4) is 5.75 Å². The van der Waals surface area contributed by atoms with Crippen LogP contribution >= 0.6 is 0 Å². The molecule has 3 aliphatic carbocycles. The van der Waals surface area contributed by atoms with Crippen molar-refractivity contribution in [3.05, 3.63) is 99.5 Å². The quantitative estimate of drug-likeness (QED) is 0.483. The van der Waals surface area contributed by atoms with Crippen LogP contribution in [-0.4, -0.2) is 23.4 Å². The lowest BCUT2D eigenvalue weighted by Gasteiger charge is -2.26. The molecule has 5 rings (SSSR count). The molecule has 0 saturated carbocycles. The highest BCUT2D eigenvalue weighted by Gasteiger charge is 2.23. The van der Waals surface area contributed by atoms with Crippen LogP contribution in [0.5, 0.6) is 5.75 Å². The first-order valence-corrected chi connectivity index (χ1v) is 12.1. The molecule has 0 bridgehead atoms. The van der Waals surface area contributed by atoms with Crippen molar-refractivity contribution in [2.75, 3.05) is 6.61 Å². The Labute approximate surface area is 205 Å². The van der Waals surface area contributed by atoms with E-state index in [0.29, 0.717) is 11.7 Å². The van der Waals surface area contributed by atoms with Crippen molar-refractivity contribution in [2.45, 2.75) is 39.0 Å². The van der Waals surface area contributed by atoms with Crippen LogP contribution in [0.25, 0.3) is 11.8 Å². The van der Waals surface area contributed by atoms with E-state index in [9.17, 15) is 4.79 Å². The second-order valence-electron chi connectivity index (χ2n) is 9.29. The standard InChI is InChI=1S/C30H29NO4/c1-20(17-21-13-16-25-24(18-21)9-6-12-28(25)34-19-29(32)33)31-35-30-26-10-4-2-7-22(26)14-15-23-8-3-5-11-27(23)30/h2-7,9-12,14-15,21H,8,13,16-19H2,1H3,(H,32,33)/b31-20-. The minimum absolute atomic E-state index is 0.314. The summed E-state index contributed by atoms with van der Waals surface area (Å²) in [6.45, 7) is 1.72. The molecule has 0 aromatic heterocycles. The van der Waals surface area contributed by atoms with Crippen LogP contribution in [0, 0.1) is 5.92 Å². The van der Waals surface area contributed by atoms with Gasteiger partial charge in [0.15, 0.2) is 12.4 Å². The number of carbonyl (C=O) groups is 1. The van der Waals surface area contributed by atoms with Gasteiger partial charge >= 0.3 is 5.97 Å². The number of carboxylic acid groups (broad SMARTS) is 1. The van der Waals surface area contributed by atoms with Gasteiger partial charge < -0.3 is 14.7 Å². The van der Waals surface area contributed by atoms with Crippen LogP contribution in [0.2, 0.25) is 0 Å². The van der Waals surface area contributed by atoms with E-state index in [4.69, 9.17) is 14.7 Å². The Bertz CT molecular complexity index is 1390. The molecule has 1 atom stereocenters. The van der Waals surface area contributed by atoms with Gasteiger partial charge in [-0.2, -0.15) is 0 Å². The summed E-state index contributed by atoms with van der Waals surface area (Å²) in [7, 11) is 0. The topological polar surface area (TPSA) is 68.1 Å². The molecule has 0 amide bonds. The van der Waals surface area contributed by atoms with Gasteiger partial charge in [0, 0.05) is 10.8 Å². The molecule has 5 heteroatoms. The molecule has 0 aliphatic heterocycles. The van der Waals surface area contributed by atoms with E-state index in [0.717, 1.165) is 65.1 Å². The maximum atomic E-state index is 10.9. The van der Waals surface area contributed by atoms with Gasteiger partial charge in [-0.1, -0.05) is 71.9 Å². The molecule has 2 aromatic carbocycles. The number of hydrogen-bond donors (Lipinski definition) is 1. The SMILES string of the molecule is C/C(CC1CCc2c(cccc2OCC(=O)O)C1)=N/OC1=c2ccccc2=CC=C2CC=CC=C21. The summed E-state index contributed by atoms with van der Waals surface area (Å²) in [4.78, 5) is 17.1. The zero-order valence-corrected chi connectivity index (χ0v) is 19.9. The van der Waals surface area contributed by atoms with E-state index < -0.39 is 5.97 Å². The molecular weight excluding hydrogens is 438 g/mol. The van der Waals surface area contributed by atoms with Gasteiger partial charge in [0.25, 0.3) is 0 Å². The van der Waals surface area contributed by atoms with E-state index >= 15 is 0 Å². The summed E-state index contributed by atoms with van der Waals surface area (Å²) in [6, 6.07) is 14.2. The molecule has 0 heterocycles. The highest BCUT2D eigenvalue weighted by atomic mass is 16.6. The molecule has 0 fully saturated rings. The Morgan fingerprint density at radius 3 is 2.89 bits per heavy atom. The van der Waals surface area contributed by atoms with E-state index in [1.165, 1.54) is 11.1 Å². The highest BCUT2D eigenvalue weighted by molar-refractivity contribution is 5.82. The number of fused-ring (bicyclic) bond motifs is 3. The maximum absolute atomic E-state index is 10.9. The molecular formula is C30H29NO4. The fourth-order valence-corrected chi connectivity index (χ4v) is 5.11. The molecule has 0 spiro atoms. The van der Waals surface area contributed by atoms with Gasteiger partial charge in [-0.3, -0.25) is 0 Å². The molecule has 35 heavy (non-hydrogen) atoms. The number of aliphatic carboxylic acids is 1. The molecule has 2 aromatic rings. The predicted molar refractivity (Wildman–Crippen MR) is 137 cm³/mol. The Morgan fingerprint density at radius 1 is 1.11 bits per heavy atom. The van der Waals surface area contributed by atoms with E-state index in [1.807, 2.05) is 31.2 Å². The summed E-state index contributed by atoms with van der Waals surface area (Å²) in [5.41, 5.74) is 5.65. The fraction of sp³-hybridized carbons (Fsp3) is 0.267. The van der Waals surface area contributed by atoms with Crippen molar-refractivity contribution in [1.29, 1.82) is 0 Å². The number of carboxylic acids is 1. The Hall–Kier alpha value is -3.86. The summed E-state index contributed by atoms with van der Waals surface area (Å²) in [6.07, 6.45) is 15.2.